The Bertz CT molecular complexity index is 460. The number of benzene rings is 1. The molecule has 2 aromatic rings. The van der Waals surface area contributed by atoms with Crippen molar-refractivity contribution >= 4 is 49.1 Å². The highest BCUT2D eigenvalue weighted by molar-refractivity contribution is 9.08. The molecule has 0 fully saturated rings. The summed E-state index contributed by atoms with van der Waals surface area (Å²) < 4.78 is 1.41. The number of rotatable bonds is 2. The van der Waals surface area contributed by atoms with E-state index in [9.17, 15) is 0 Å². The third-order valence-electron chi connectivity index (χ3n) is 2.27. The van der Waals surface area contributed by atoms with E-state index in [1.807, 2.05) is 23.1 Å². The van der Waals surface area contributed by atoms with Gasteiger partial charge in [0, 0.05) is 25.2 Å². The Kier molecular flexibility index (Phi) is 3.20. The van der Waals surface area contributed by atoms with Crippen molar-refractivity contribution in [3.8, 4) is 0 Å². The molecule has 0 aliphatic heterocycles. The lowest BCUT2D eigenvalue weighted by Gasteiger charge is -1.99. The normalized spacial score (nSPS) is 11.1. The van der Waals surface area contributed by atoms with Crippen LogP contribution >= 0.6 is 39.0 Å². The largest absolute Gasteiger partial charge is 0.138 e. The Hall–Kier alpha value is 0.01000. The van der Waals surface area contributed by atoms with Crippen LogP contribution in [0.3, 0.4) is 0 Å². The van der Waals surface area contributed by atoms with Crippen molar-refractivity contribution in [2.75, 3.05) is 6.26 Å². The molecule has 0 atom stereocenters. The number of fused-ring (bicyclic) bond motifs is 1. The van der Waals surface area contributed by atoms with E-state index in [0.717, 1.165) is 5.33 Å². The van der Waals surface area contributed by atoms with Crippen LogP contribution < -0.4 is 0 Å². The Labute approximate surface area is 101 Å². The number of thiophene rings is 1. The molecule has 0 saturated heterocycles. The zero-order valence-electron chi connectivity index (χ0n) is 8.13. The van der Waals surface area contributed by atoms with Crippen molar-refractivity contribution < 1.29 is 0 Å². The van der Waals surface area contributed by atoms with Crippen LogP contribution in [0.4, 0.5) is 0 Å². The van der Waals surface area contributed by atoms with Gasteiger partial charge in [0.25, 0.3) is 0 Å². The van der Waals surface area contributed by atoms with Crippen molar-refractivity contribution in [3.05, 3.63) is 28.6 Å². The fourth-order valence-corrected chi connectivity index (χ4v) is 4.69. The van der Waals surface area contributed by atoms with Gasteiger partial charge >= 0.3 is 0 Å². The molecule has 1 aromatic carbocycles. The zero-order valence-corrected chi connectivity index (χ0v) is 11.4. The second-order valence-corrected chi connectivity index (χ2v) is 5.65. The summed E-state index contributed by atoms with van der Waals surface area (Å²) in [6, 6.07) is 6.53. The zero-order chi connectivity index (χ0) is 10.1. The summed E-state index contributed by atoms with van der Waals surface area (Å²) in [4.78, 5) is 2.89. The van der Waals surface area contributed by atoms with E-state index in [0.29, 0.717) is 0 Å². The van der Waals surface area contributed by atoms with Crippen molar-refractivity contribution in [2.24, 2.45) is 0 Å². The summed E-state index contributed by atoms with van der Waals surface area (Å²) in [6.45, 7) is 2.19. The van der Waals surface area contributed by atoms with Crippen LogP contribution in [0, 0.1) is 6.92 Å². The molecule has 0 spiro atoms. The van der Waals surface area contributed by atoms with Gasteiger partial charge in [0.15, 0.2) is 0 Å². The van der Waals surface area contributed by atoms with E-state index in [2.05, 4.69) is 47.3 Å². The van der Waals surface area contributed by atoms with Crippen LogP contribution in [-0.4, -0.2) is 6.26 Å². The third kappa shape index (κ3) is 1.62. The minimum Gasteiger partial charge on any atom is -0.138 e. The smallest absolute Gasteiger partial charge is 0.0389 e. The molecule has 0 nitrogen and oxygen atoms in total. The second kappa shape index (κ2) is 4.25. The van der Waals surface area contributed by atoms with Gasteiger partial charge in [-0.15, -0.1) is 23.1 Å². The van der Waals surface area contributed by atoms with Gasteiger partial charge in [0.05, 0.1) is 0 Å². The van der Waals surface area contributed by atoms with Crippen LogP contribution in [0.2, 0.25) is 0 Å². The number of thioether (sulfide) groups is 1. The van der Waals surface area contributed by atoms with E-state index in [1.165, 1.54) is 25.4 Å². The SMILES string of the molecule is CSc1c(CBr)sc2cccc(C)c12. The van der Waals surface area contributed by atoms with E-state index >= 15 is 0 Å². The van der Waals surface area contributed by atoms with E-state index in [-0.39, 0.29) is 0 Å². The fraction of sp³-hybridized carbons (Fsp3) is 0.273. The Morgan fingerprint density at radius 3 is 2.86 bits per heavy atom. The van der Waals surface area contributed by atoms with Crippen LogP contribution in [0.15, 0.2) is 23.1 Å². The lowest BCUT2D eigenvalue weighted by molar-refractivity contribution is 1.41. The number of hydrogen-bond donors (Lipinski definition) is 0. The Balaban J connectivity index is 2.81. The number of hydrogen-bond acceptors (Lipinski definition) is 2. The predicted molar refractivity (Wildman–Crippen MR) is 71.0 cm³/mol. The van der Waals surface area contributed by atoms with Crippen molar-refractivity contribution in [1.82, 2.24) is 0 Å². The lowest BCUT2D eigenvalue weighted by Crippen LogP contribution is -1.77. The minimum atomic E-state index is 0.960. The maximum atomic E-state index is 3.55. The highest BCUT2D eigenvalue weighted by Gasteiger charge is 2.11. The number of aryl methyl sites for hydroxylation is 1. The van der Waals surface area contributed by atoms with Gasteiger partial charge in [0.2, 0.25) is 0 Å². The summed E-state index contributed by atoms with van der Waals surface area (Å²) in [5.41, 5.74) is 1.38. The van der Waals surface area contributed by atoms with Gasteiger partial charge < -0.3 is 0 Å². The standard InChI is InChI=1S/C11H11BrS2/c1-7-4-3-5-8-10(7)11(13-2)9(6-12)14-8/h3-5H,6H2,1-2H3. The van der Waals surface area contributed by atoms with Crippen molar-refractivity contribution in [2.45, 2.75) is 17.1 Å². The third-order valence-corrected chi connectivity index (χ3v) is 5.35. The first-order valence-corrected chi connectivity index (χ1v) is 7.55. The highest BCUT2D eigenvalue weighted by atomic mass is 79.9. The molecule has 0 bridgehead atoms. The minimum absolute atomic E-state index is 0.960. The average Bonchev–Trinajstić information content (AvgIpc) is 2.56. The molecule has 14 heavy (non-hydrogen) atoms. The summed E-state index contributed by atoms with van der Waals surface area (Å²) >= 11 is 7.29. The summed E-state index contributed by atoms with van der Waals surface area (Å²) in [7, 11) is 0. The molecule has 0 unspecified atom stereocenters. The monoisotopic (exact) mass is 286 g/mol. The first-order valence-electron chi connectivity index (χ1n) is 4.39. The molecule has 0 radical (unpaired) electrons. The molecule has 0 aliphatic carbocycles. The van der Waals surface area contributed by atoms with Crippen LogP contribution in [0.1, 0.15) is 10.4 Å². The van der Waals surface area contributed by atoms with E-state index < -0.39 is 0 Å². The molecule has 1 heterocycles. The topological polar surface area (TPSA) is 0 Å². The van der Waals surface area contributed by atoms with Crippen molar-refractivity contribution in [3.63, 3.8) is 0 Å². The van der Waals surface area contributed by atoms with Gasteiger partial charge in [0.1, 0.15) is 0 Å². The number of alkyl halides is 1. The van der Waals surface area contributed by atoms with Crippen LogP contribution in [0.25, 0.3) is 10.1 Å². The van der Waals surface area contributed by atoms with Crippen molar-refractivity contribution in [1.29, 1.82) is 0 Å². The van der Waals surface area contributed by atoms with Gasteiger partial charge in [-0.1, -0.05) is 28.1 Å². The second-order valence-electron chi connectivity index (χ2n) is 3.14. The molecule has 0 amide bonds. The first-order chi connectivity index (χ1) is 6.77. The summed E-state index contributed by atoms with van der Waals surface area (Å²) in [6.07, 6.45) is 2.15. The molecule has 74 valence electrons. The first kappa shape index (κ1) is 10.5. The molecular formula is C11H11BrS2. The number of halogens is 1. The van der Waals surface area contributed by atoms with Gasteiger partial charge in [-0.2, -0.15) is 0 Å². The van der Waals surface area contributed by atoms with Gasteiger partial charge in [-0.3, -0.25) is 0 Å². The van der Waals surface area contributed by atoms with Gasteiger partial charge in [-0.05, 0) is 24.8 Å². The lowest BCUT2D eigenvalue weighted by atomic mass is 10.1. The Morgan fingerprint density at radius 1 is 1.43 bits per heavy atom. The van der Waals surface area contributed by atoms with Crippen LogP contribution in [0.5, 0.6) is 0 Å². The summed E-state index contributed by atoms with van der Waals surface area (Å²) in [5.74, 6) is 0. The Morgan fingerprint density at radius 2 is 2.21 bits per heavy atom. The average molecular weight is 287 g/mol. The van der Waals surface area contributed by atoms with Gasteiger partial charge in [-0.25, -0.2) is 0 Å². The molecule has 2 rings (SSSR count). The summed E-state index contributed by atoms with van der Waals surface area (Å²) in [5, 5.41) is 2.40. The predicted octanol–water partition coefficient (Wildman–Crippen LogP) is 4.83. The molecular weight excluding hydrogens is 276 g/mol. The molecule has 0 N–H and O–H groups in total. The molecule has 3 heteroatoms. The molecule has 0 aliphatic rings. The fourth-order valence-electron chi connectivity index (χ4n) is 1.64. The van der Waals surface area contributed by atoms with Crippen LogP contribution in [-0.2, 0) is 5.33 Å². The quantitative estimate of drug-likeness (QED) is 0.563. The van der Waals surface area contributed by atoms with E-state index in [4.69, 9.17) is 0 Å². The van der Waals surface area contributed by atoms with E-state index in [1.54, 1.807) is 0 Å². The maximum absolute atomic E-state index is 3.55. The molecule has 1 aromatic heterocycles. The maximum Gasteiger partial charge on any atom is 0.0389 e. The highest BCUT2D eigenvalue weighted by Crippen LogP contribution is 2.39. The molecule has 0 saturated carbocycles.